The maximum Gasteiger partial charge on any atom is 0.244 e. The molecule has 0 saturated heterocycles. The lowest BCUT2D eigenvalue weighted by Gasteiger charge is -2.28. The van der Waals surface area contributed by atoms with E-state index >= 15 is 0 Å². The van der Waals surface area contributed by atoms with Crippen LogP contribution in [0, 0.1) is 0 Å². The van der Waals surface area contributed by atoms with Gasteiger partial charge in [-0.15, -0.1) is 0 Å². The largest absolute Gasteiger partial charge is 0.508 e. The lowest BCUT2D eigenvalue weighted by molar-refractivity contribution is -0.139. The van der Waals surface area contributed by atoms with E-state index < -0.39 is 48.5 Å². The SMILES string of the molecule is CN(C(=O)CCc1ccc(Br)cc1)[C@@H](Cc1ccc(O)cc1)C(=O)N[C@@H]([C]=O)CCCCNC(=O)[C@H](CO)NC(=O)[C@@H](N)Cc1cccc2ccccc12. The first-order valence-corrected chi connectivity index (χ1v) is 18.7. The third-order valence-corrected chi connectivity index (χ3v) is 9.75. The van der Waals surface area contributed by atoms with Crippen LogP contribution in [0.3, 0.4) is 0 Å². The Labute approximate surface area is 323 Å². The summed E-state index contributed by atoms with van der Waals surface area (Å²) in [7, 11) is 1.55. The zero-order valence-corrected chi connectivity index (χ0v) is 31.8. The number of aliphatic hydroxyl groups excluding tert-OH is 1. The van der Waals surface area contributed by atoms with E-state index in [0.717, 1.165) is 26.4 Å². The molecular formula is C41H47BrN5O7. The molecule has 4 aromatic rings. The normalized spacial score (nSPS) is 13.3. The van der Waals surface area contributed by atoms with Crippen molar-refractivity contribution in [3.63, 3.8) is 0 Å². The van der Waals surface area contributed by atoms with Crippen molar-refractivity contribution in [1.29, 1.82) is 0 Å². The predicted molar refractivity (Wildman–Crippen MR) is 210 cm³/mol. The lowest BCUT2D eigenvalue weighted by Crippen LogP contribution is -2.53. The standard InChI is InChI=1S/C41H47BrN5O7/c1-47(38(51)21-16-27-12-17-31(42)18-13-27)37(23-28-14-19-33(50)20-15-28)41(54)45-32(25-48)10-4-5-22-44-40(53)36(26-49)46-39(52)35(43)24-30-9-6-8-29-7-2-3-11-34(29)30/h2-3,6-9,11-15,17-20,32,35-37,49-50H,4-5,10,16,21-24,26,43H2,1H3,(H,44,53)(H,45,54)(H,46,52)/t32-,35+,36+,37+/m1/s1. The minimum absolute atomic E-state index is 0.0686. The molecule has 1 radical (unpaired) electrons. The Morgan fingerprint density at radius 1 is 0.833 bits per heavy atom. The van der Waals surface area contributed by atoms with Gasteiger partial charge in [0.15, 0.2) is 0 Å². The molecule has 54 heavy (non-hydrogen) atoms. The van der Waals surface area contributed by atoms with Crippen molar-refractivity contribution < 1.29 is 34.2 Å². The Kier molecular flexibility index (Phi) is 16.2. The summed E-state index contributed by atoms with van der Waals surface area (Å²) in [4.78, 5) is 65.7. The average Bonchev–Trinajstić information content (AvgIpc) is 3.18. The number of rotatable bonds is 20. The van der Waals surface area contributed by atoms with Gasteiger partial charge in [0.25, 0.3) is 0 Å². The molecule has 0 bridgehead atoms. The highest BCUT2D eigenvalue weighted by Gasteiger charge is 2.29. The van der Waals surface area contributed by atoms with E-state index in [0.29, 0.717) is 24.8 Å². The van der Waals surface area contributed by atoms with E-state index in [1.54, 1.807) is 19.2 Å². The third kappa shape index (κ3) is 12.5. The fourth-order valence-corrected chi connectivity index (χ4v) is 6.29. The number of amides is 4. The quantitative estimate of drug-likeness (QED) is 0.0735. The number of phenols is 1. The van der Waals surface area contributed by atoms with Crippen molar-refractivity contribution in [3.8, 4) is 5.75 Å². The summed E-state index contributed by atoms with van der Waals surface area (Å²) >= 11 is 3.40. The molecule has 0 aliphatic carbocycles. The topological polar surface area (TPSA) is 191 Å². The van der Waals surface area contributed by atoms with Gasteiger partial charge in [-0.3, -0.25) is 24.0 Å². The molecule has 4 atom stereocenters. The van der Waals surface area contributed by atoms with Gasteiger partial charge in [-0.05, 0) is 83.8 Å². The maximum absolute atomic E-state index is 13.6. The van der Waals surface area contributed by atoms with Crippen LogP contribution >= 0.6 is 15.9 Å². The number of hydrogen-bond acceptors (Lipinski definition) is 8. The first-order valence-electron chi connectivity index (χ1n) is 17.9. The summed E-state index contributed by atoms with van der Waals surface area (Å²) in [5.41, 5.74) is 8.76. The molecule has 4 amide bonds. The molecule has 7 N–H and O–H groups in total. The Morgan fingerprint density at radius 2 is 1.52 bits per heavy atom. The highest BCUT2D eigenvalue weighted by atomic mass is 79.9. The van der Waals surface area contributed by atoms with Crippen LogP contribution in [0.4, 0.5) is 0 Å². The molecule has 0 saturated carbocycles. The van der Waals surface area contributed by atoms with E-state index in [2.05, 4.69) is 31.9 Å². The molecule has 13 heteroatoms. The number of carbonyl (C=O) groups excluding carboxylic acids is 5. The number of phenolic OH excluding ortho intramolecular Hbond substituents is 1. The summed E-state index contributed by atoms with van der Waals surface area (Å²) in [6.07, 6.45) is 4.00. The van der Waals surface area contributed by atoms with Crippen molar-refractivity contribution in [2.24, 2.45) is 5.73 Å². The van der Waals surface area contributed by atoms with Crippen LogP contribution in [-0.2, 0) is 43.2 Å². The minimum Gasteiger partial charge on any atom is -0.508 e. The minimum atomic E-state index is -1.20. The summed E-state index contributed by atoms with van der Waals surface area (Å²) in [5.74, 6) is -1.86. The highest BCUT2D eigenvalue weighted by Crippen LogP contribution is 2.20. The zero-order valence-electron chi connectivity index (χ0n) is 30.2. The van der Waals surface area contributed by atoms with Gasteiger partial charge in [0, 0.05) is 30.9 Å². The number of aryl methyl sites for hydroxylation is 1. The molecule has 12 nitrogen and oxygen atoms in total. The second kappa shape index (κ2) is 21.0. The molecule has 0 aliphatic rings. The van der Waals surface area contributed by atoms with Crippen molar-refractivity contribution in [3.05, 3.63) is 112 Å². The van der Waals surface area contributed by atoms with E-state index in [-0.39, 0.29) is 43.9 Å². The van der Waals surface area contributed by atoms with Gasteiger partial charge in [-0.2, -0.15) is 0 Å². The number of aromatic hydroxyl groups is 1. The van der Waals surface area contributed by atoms with E-state index in [9.17, 15) is 34.2 Å². The number of fused-ring (bicyclic) bond motifs is 1. The first kappa shape index (κ1) is 41.6. The number of nitrogens with zero attached hydrogens (tertiary/aromatic N) is 1. The number of aliphatic hydroxyl groups is 1. The number of nitrogens with two attached hydrogens (primary N) is 1. The summed E-state index contributed by atoms with van der Waals surface area (Å²) < 4.78 is 0.928. The number of benzene rings is 4. The van der Waals surface area contributed by atoms with Crippen molar-refractivity contribution in [1.82, 2.24) is 20.9 Å². The molecule has 0 fully saturated rings. The van der Waals surface area contributed by atoms with Gasteiger partial charge in [0.1, 0.15) is 17.8 Å². The summed E-state index contributed by atoms with van der Waals surface area (Å²) in [6.45, 7) is -0.439. The van der Waals surface area contributed by atoms with E-state index in [1.165, 1.54) is 17.0 Å². The second-order valence-electron chi connectivity index (χ2n) is 13.2. The van der Waals surface area contributed by atoms with Crippen LogP contribution < -0.4 is 21.7 Å². The predicted octanol–water partition coefficient (Wildman–Crippen LogP) is 3.24. The van der Waals surface area contributed by atoms with Crippen LogP contribution in [0.2, 0.25) is 0 Å². The Balaban J connectivity index is 1.24. The van der Waals surface area contributed by atoms with Gasteiger partial charge in [0.2, 0.25) is 29.9 Å². The summed E-state index contributed by atoms with van der Waals surface area (Å²) in [5, 5.41) is 29.5. The number of nitrogens with one attached hydrogen (secondary N) is 3. The number of halogens is 1. The second-order valence-corrected chi connectivity index (χ2v) is 14.1. The Hall–Kier alpha value is -5.11. The highest BCUT2D eigenvalue weighted by molar-refractivity contribution is 9.10. The number of carbonyl (C=O) groups is 4. The van der Waals surface area contributed by atoms with Crippen LogP contribution in [0.15, 0.2) is 95.5 Å². The van der Waals surface area contributed by atoms with Crippen LogP contribution in [0.25, 0.3) is 10.8 Å². The Bertz CT molecular complexity index is 1870. The third-order valence-electron chi connectivity index (χ3n) is 9.22. The van der Waals surface area contributed by atoms with Gasteiger partial charge in [-0.25, -0.2) is 0 Å². The first-order chi connectivity index (χ1) is 26.0. The van der Waals surface area contributed by atoms with Gasteiger partial charge < -0.3 is 36.8 Å². The van der Waals surface area contributed by atoms with Crippen LogP contribution in [-0.4, -0.2) is 89.4 Å². The molecular weight excluding hydrogens is 754 g/mol. The van der Waals surface area contributed by atoms with Gasteiger partial charge in [-0.1, -0.05) is 82.7 Å². The smallest absolute Gasteiger partial charge is 0.244 e. The van der Waals surface area contributed by atoms with Crippen molar-refractivity contribution >= 4 is 56.6 Å². The van der Waals surface area contributed by atoms with Crippen LogP contribution in [0.1, 0.15) is 42.4 Å². The molecule has 0 aliphatic heterocycles. The molecule has 0 spiro atoms. The summed E-state index contributed by atoms with van der Waals surface area (Å²) in [6, 6.07) is 23.4. The van der Waals surface area contributed by atoms with Crippen molar-refractivity contribution in [2.75, 3.05) is 20.2 Å². The van der Waals surface area contributed by atoms with E-state index in [1.807, 2.05) is 73.0 Å². The average molecular weight is 802 g/mol. The molecule has 4 aromatic carbocycles. The lowest BCUT2D eigenvalue weighted by atomic mass is 9.98. The Morgan fingerprint density at radius 3 is 2.22 bits per heavy atom. The fourth-order valence-electron chi connectivity index (χ4n) is 6.02. The molecule has 4 rings (SSSR count). The van der Waals surface area contributed by atoms with Gasteiger partial charge >= 0.3 is 0 Å². The van der Waals surface area contributed by atoms with Crippen LogP contribution in [0.5, 0.6) is 5.75 Å². The molecule has 0 heterocycles. The zero-order chi connectivity index (χ0) is 39.0. The molecule has 0 unspecified atom stereocenters. The monoisotopic (exact) mass is 800 g/mol. The van der Waals surface area contributed by atoms with E-state index in [4.69, 9.17) is 5.73 Å². The maximum atomic E-state index is 13.6. The number of hydrogen-bond donors (Lipinski definition) is 6. The molecule has 285 valence electrons. The number of unbranched alkanes of at least 4 members (excludes halogenated alkanes) is 1. The van der Waals surface area contributed by atoms with Crippen molar-refractivity contribution in [2.45, 2.75) is 69.1 Å². The molecule has 0 aromatic heterocycles. The fraction of sp³-hybridized carbons (Fsp3) is 0.341. The number of likely N-dealkylation sites (N-methyl/N-ethyl adjacent to an activating group) is 1. The van der Waals surface area contributed by atoms with Gasteiger partial charge in [0.05, 0.1) is 18.7 Å².